The molecule has 6 heterocycles. The van der Waals surface area contributed by atoms with Crippen molar-refractivity contribution in [1.82, 2.24) is 0 Å². The molecule has 7 heteroatoms. The molecule has 0 fully saturated rings. The Kier molecular flexibility index (Phi) is 12.4. The van der Waals surface area contributed by atoms with Gasteiger partial charge in [0.1, 0.15) is 0 Å². The molecule has 0 aliphatic carbocycles. The summed E-state index contributed by atoms with van der Waals surface area (Å²) < 4.78 is 3.15. The van der Waals surface area contributed by atoms with Gasteiger partial charge in [-0.25, -0.2) is 0 Å². The first-order valence-corrected chi connectivity index (χ1v) is 33.4. The molecule has 0 spiro atoms. The van der Waals surface area contributed by atoms with Crippen LogP contribution in [0.15, 0.2) is 121 Å². The van der Waals surface area contributed by atoms with E-state index in [9.17, 15) is 0 Å². The summed E-state index contributed by atoms with van der Waals surface area (Å²) in [5.74, 6) is 0. The van der Waals surface area contributed by atoms with E-state index in [0.717, 1.165) is 0 Å². The summed E-state index contributed by atoms with van der Waals surface area (Å²) >= 11 is -0.0652. The molecule has 0 saturated heterocycles. The van der Waals surface area contributed by atoms with Gasteiger partial charge in [-0.2, -0.15) is 0 Å². The summed E-state index contributed by atoms with van der Waals surface area (Å²) in [4.78, 5) is 11.0. The van der Waals surface area contributed by atoms with Gasteiger partial charge < -0.3 is 0 Å². The standard InChI is InChI=1S/C78H92B2N4Se/c1-71(2,3)45-30-32-57-56(39-45)80-66-61(81(57)53-35-47(73(7,8)9)33-48(36-53)74(10,11)12)41-51(77(19,20)21)44-64(66)84-59-28-26-25-27-58(59)83-63-43-52(78(22,23)24)42-62-65(63)79(69-67(83)68(84)70(80)85-69)55-31-29-46(72(4,5)6)40-60(55)82(62)54-37-49(75(13,14)15)34-50(38-54)76(16,17)18/h25-44H,1-24H3. The van der Waals surface area contributed by atoms with Crippen LogP contribution in [0.4, 0.5) is 68.2 Å². The maximum atomic E-state index is 2.78. The van der Waals surface area contributed by atoms with Crippen molar-refractivity contribution in [2.75, 3.05) is 19.6 Å². The van der Waals surface area contributed by atoms with Crippen LogP contribution < -0.4 is 50.1 Å². The fourth-order valence-corrected chi connectivity index (χ4v) is 17.3. The van der Waals surface area contributed by atoms with E-state index in [1.807, 2.05) is 0 Å². The van der Waals surface area contributed by atoms with Gasteiger partial charge in [0, 0.05) is 0 Å². The summed E-state index contributed by atoms with van der Waals surface area (Å²) in [6.07, 6.45) is 0. The molecule has 0 amide bonds. The Hall–Kier alpha value is -6.13. The number of benzene rings is 7. The summed E-state index contributed by atoms with van der Waals surface area (Å²) in [7, 11) is 0. The minimum absolute atomic E-state index is 0.0379. The molecule has 0 N–H and O–H groups in total. The second kappa shape index (κ2) is 18.2. The van der Waals surface area contributed by atoms with Crippen molar-refractivity contribution in [3.8, 4) is 0 Å². The number of hydrogen-bond donors (Lipinski definition) is 0. The van der Waals surface area contributed by atoms with Gasteiger partial charge in [0.2, 0.25) is 0 Å². The third-order valence-corrected chi connectivity index (χ3v) is 22.2. The Labute approximate surface area is 518 Å². The first-order chi connectivity index (χ1) is 39.2. The number of fused-ring (bicyclic) bond motifs is 11. The van der Waals surface area contributed by atoms with Crippen LogP contribution in [0.5, 0.6) is 0 Å². The van der Waals surface area contributed by atoms with E-state index in [1.165, 1.54) is 135 Å². The zero-order chi connectivity index (χ0) is 61.3. The molecule has 436 valence electrons. The Morgan fingerprint density at radius 1 is 0.259 bits per heavy atom. The second-order valence-corrected chi connectivity index (χ2v) is 36.4. The van der Waals surface area contributed by atoms with Gasteiger partial charge in [-0.1, -0.05) is 0 Å². The molecule has 85 heavy (non-hydrogen) atoms. The Morgan fingerprint density at radius 3 is 0.941 bits per heavy atom. The van der Waals surface area contributed by atoms with E-state index < -0.39 is 0 Å². The molecular weight excluding hydrogens is 1090 g/mol. The van der Waals surface area contributed by atoms with Crippen molar-refractivity contribution in [3.63, 3.8) is 0 Å². The van der Waals surface area contributed by atoms with Crippen molar-refractivity contribution >= 4 is 127 Å². The van der Waals surface area contributed by atoms with E-state index in [0.29, 0.717) is 0 Å². The zero-order valence-electron chi connectivity index (χ0n) is 55.9. The van der Waals surface area contributed by atoms with Crippen molar-refractivity contribution in [1.29, 1.82) is 0 Å². The van der Waals surface area contributed by atoms with Crippen LogP contribution in [0.2, 0.25) is 0 Å². The SMILES string of the molecule is CC(C)(C)c1cc(N2c3ccc(C(C)(C)C)cc3B3c4[se]c5c6c4N(c4ccccc4N6c4cc(C(C)(C)C)cc6c4B5c4ccc(C(C)(C)C)cc4N6c4cc(C(C)(C)C)cc(C(C)(C)C)c4)c4cc(C(C)(C)C)cc2c43)cc(C(C)(C)C)c1. The first kappa shape index (κ1) is 57.9. The molecule has 0 radical (unpaired) electrons. The quantitative estimate of drug-likeness (QED) is 0.160. The van der Waals surface area contributed by atoms with Crippen molar-refractivity contribution in [2.24, 2.45) is 0 Å². The fraction of sp³-hybridized carbons (Fsp3) is 0.410. The van der Waals surface area contributed by atoms with Gasteiger partial charge >= 0.3 is 522 Å². The van der Waals surface area contributed by atoms with E-state index in [-0.39, 0.29) is 71.2 Å². The third-order valence-electron chi connectivity index (χ3n) is 19.5. The van der Waals surface area contributed by atoms with Gasteiger partial charge in [-0.15, -0.1) is 0 Å². The second-order valence-electron chi connectivity index (χ2n) is 34.2. The van der Waals surface area contributed by atoms with Crippen LogP contribution in [-0.2, 0) is 43.3 Å². The Bertz CT molecular complexity index is 4070. The fourth-order valence-electron chi connectivity index (χ4n) is 14.1. The Morgan fingerprint density at radius 2 is 0.565 bits per heavy atom. The molecule has 8 aromatic rings. The van der Waals surface area contributed by atoms with Crippen LogP contribution >= 0.6 is 0 Å². The molecular formula is C78H92B2N4Se. The number of nitrogens with zero attached hydrogens (tertiary/aromatic N) is 4. The van der Waals surface area contributed by atoms with Crippen LogP contribution in [0.25, 0.3) is 0 Å². The summed E-state index contributed by atoms with van der Waals surface area (Å²) in [6, 6.07) is 50.2. The average Bonchev–Trinajstić information content (AvgIpc) is 1.66. The van der Waals surface area contributed by atoms with E-state index in [4.69, 9.17) is 0 Å². The van der Waals surface area contributed by atoms with E-state index in [1.54, 1.807) is 8.67 Å². The van der Waals surface area contributed by atoms with Crippen LogP contribution in [0, 0.1) is 0 Å². The monoisotopic (exact) mass is 1190 g/mol. The van der Waals surface area contributed by atoms with Crippen LogP contribution in [-0.4, -0.2) is 27.9 Å². The summed E-state index contributed by atoms with van der Waals surface area (Å²) in [6.45, 7) is 57.4. The number of anilines is 12. The minimum atomic E-state index is -0.143. The number of hydrogen-bond acceptors (Lipinski definition) is 4. The molecule has 1 aromatic heterocycles. The Balaban J connectivity index is 1.18. The molecule has 0 saturated carbocycles. The van der Waals surface area contributed by atoms with Crippen molar-refractivity contribution < 1.29 is 0 Å². The van der Waals surface area contributed by atoms with Gasteiger partial charge in [0.15, 0.2) is 0 Å². The average molecular weight is 1190 g/mol. The van der Waals surface area contributed by atoms with Gasteiger partial charge in [0.25, 0.3) is 0 Å². The molecule has 0 unspecified atom stereocenters. The number of para-hydroxylation sites is 2. The summed E-state index contributed by atoms with van der Waals surface area (Å²) in [5, 5.41) is 0. The molecule has 5 aliphatic heterocycles. The number of rotatable bonds is 2. The van der Waals surface area contributed by atoms with Crippen molar-refractivity contribution in [2.45, 2.75) is 209 Å². The van der Waals surface area contributed by atoms with Gasteiger partial charge in [-0.05, 0) is 0 Å². The molecule has 0 bridgehead atoms. The van der Waals surface area contributed by atoms with Crippen molar-refractivity contribution in [3.05, 3.63) is 166 Å². The molecule has 13 rings (SSSR count). The van der Waals surface area contributed by atoms with Crippen LogP contribution in [0.1, 0.15) is 211 Å². The molecule has 0 atom stereocenters. The first-order valence-electron chi connectivity index (χ1n) is 31.7. The topological polar surface area (TPSA) is 13.0 Å². The normalized spacial score (nSPS) is 15.4. The summed E-state index contributed by atoms with van der Waals surface area (Å²) in [5.41, 5.74) is 31.6. The maximum absolute atomic E-state index is 2.78. The van der Waals surface area contributed by atoms with Gasteiger partial charge in [0.05, 0.1) is 0 Å². The van der Waals surface area contributed by atoms with Gasteiger partial charge in [-0.3, -0.25) is 0 Å². The predicted molar refractivity (Wildman–Crippen MR) is 375 cm³/mol. The van der Waals surface area contributed by atoms with Crippen LogP contribution in [0.3, 0.4) is 0 Å². The van der Waals surface area contributed by atoms with E-state index in [2.05, 4.69) is 307 Å². The molecule has 5 aliphatic rings. The third kappa shape index (κ3) is 9.02. The zero-order valence-corrected chi connectivity index (χ0v) is 57.6. The molecule has 4 nitrogen and oxygen atoms in total. The predicted octanol–water partition coefficient (Wildman–Crippen LogP) is 17.6. The molecule has 7 aromatic carbocycles. The van der Waals surface area contributed by atoms with E-state index >= 15 is 0 Å².